The summed E-state index contributed by atoms with van der Waals surface area (Å²) in [5, 5.41) is 0. The predicted molar refractivity (Wildman–Crippen MR) is 93.9 cm³/mol. The van der Waals surface area contributed by atoms with Gasteiger partial charge in [0, 0.05) is 30.8 Å². The lowest BCUT2D eigenvalue weighted by atomic mass is 9.85. The number of hydrogen-bond donors (Lipinski definition) is 0. The normalized spacial score (nSPS) is 11.8. The molecule has 25 heavy (non-hydrogen) atoms. The molecule has 1 heterocycles. The van der Waals surface area contributed by atoms with Crippen LogP contribution in [0.5, 0.6) is 5.75 Å². The van der Waals surface area contributed by atoms with Gasteiger partial charge in [-0.15, -0.1) is 0 Å². The van der Waals surface area contributed by atoms with Gasteiger partial charge in [-0.3, -0.25) is 9.78 Å². The van der Waals surface area contributed by atoms with Crippen LogP contribution in [0, 0.1) is 5.82 Å². The van der Waals surface area contributed by atoms with Crippen molar-refractivity contribution in [3.63, 3.8) is 0 Å². The van der Waals surface area contributed by atoms with Gasteiger partial charge in [0.25, 0.3) is 0 Å². The average molecular weight is 335 g/mol. The van der Waals surface area contributed by atoms with Gasteiger partial charge in [-0.1, -0.05) is 30.3 Å². The third kappa shape index (κ3) is 4.29. The molecular formula is C21H18FNO2. The number of rotatable bonds is 5. The summed E-state index contributed by atoms with van der Waals surface area (Å²) in [5.74, 6) is -0.546. The molecular weight excluding hydrogens is 317 g/mol. The molecule has 0 fully saturated rings. The minimum atomic E-state index is -0.427. The van der Waals surface area contributed by atoms with Gasteiger partial charge in [-0.05, 0) is 47.9 Å². The molecule has 3 nitrogen and oxygen atoms in total. The Morgan fingerprint density at radius 3 is 2.48 bits per heavy atom. The zero-order valence-electron chi connectivity index (χ0n) is 13.9. The molecule has 0 saturated carbocycles. The van der Waals surface area contributed by atoms with Crippen molar-refractivity contribution in [2.24, 2.45) is 0 Å². The smallest absolute Gasteiger partial charge is 0.308 e. The SMILES string of the molecule is CC(=O)Oc1ccc(F)cc1C(Cc1ccncc1)c1ccccc1. The highest BCUT2D eigenvalue weighted by Gasteiger charge is 2.21. The number of aromatic nitrogens is 1. The Balaban J connectivity index is 2.08. The number of pyridine rings is 1. The highest BCUT2D eigenvalue weighted by molar-refractivity contribution is 5.70. The van der Waals surface area contributed by atoms with E-state index in [0.29, 0.717) is 17.7 Å². The number of halogens is 1. The fourth-order valence-electron chi connectivity index (χ4n) is 2.89. The molecule has 126 valence electrons. The molecule has 4 heteroatoms. The van der Waals surface area contributed by atoms with Crippen LogP contribution in [0.1, 0.15) is 29.5 Å². The van der Waals surface area contributed by atoms with Crippen molar-refractivity contribution in [2.75, 3.05) is 0 Å². The second kappa shape index (κ2) is 7.71. The Morgan fingerprint density at radius 2 is 1.80 bits per heavy atom. The van der Waals surface area contributed by atoms with Crippen LogP contribution in [-0.4, -0.2) is 11.0 Å². The number of ether oxygens (including phenoxy) is 1. The largest absolute Gasteiger partial charge is 0.426 e. The summed E-state index contributed by atoms with van der Waals surface area (Å²) in [6.45, 7) is 1.34. The third-order valence-electron chi connectivity index (χ3n) is 3.99. The number of carbonyl (C=O) groups is 1. The van der Waals surface area contributed by atoms with Crippen molar-refractivity contribution in [2.45, 2.75) is 19.3 Å². The molecule has 0 aliphatic rings. The van der Waals surface area contributed by atoms with E-state index in [2.05, 4.69) is 4.98 Å². The van der Waals surface area contributed by atoms with Crippen LogP contribution in [0.4, 0.5) is 4.39 Å². The molecule has 1 atom stereocenters. The van der Waals surface area contributed by atoms with E-state index in [1.54, 1.807) is 12.4 Å². The van der Waals surface area contributed by atoms with E-state index in [1.807, 2.05) is 42.5 Å². The minimum absolute atomic E-state index is 0.145. The quantitative estimate of drug-likeness (QED) is 0.508. The van der Waals surface area contributed by atoms with Crippen molar-refractivity contribution in [3.05, 3.63) is 95.6 Å². The fourth-order valence-corrected chi connectivity index (χ4v) is 2.89. The molecule has 0 bridgehead atoms. The molecule has 0 aliphatic carbocycles. The molecule has 3 rings (SSSR count). The Morgan fingerprint density at radius 1 is 1.08 bits per heavy atom. The zero-order valence-corrected chi connectivity index (χ0v) is 13.9. The summed E-state index contributed by atoms with van der Waals surface area (Å²) in [7, 11) is 0. The first-order valence-electron chi connectivity index (χ1n) is 8.05. The Hall–Kier alpha value is -3.01. The maximum atomic E-state index is 13.9. The summed E-state index contributed by atoms with van der Waals surface area (Å²) < 4.78 is 19.3. The molecule has 0 radical (unpaired) electrons. The second-order valence-electron chi connectivity index (χ2n) is 5.80. The van der Waals surface area contributed by atoms with Crippen molar-refractivity contribution in [1.29, 1.82) is 0 Å². The second-order valence-corrected chi connectivity index (χ2v) is 5.80. The first-order chi connectivity index (χ1) is 12.1. The lowest BCUT2D eigenvalue weighted by Gasteiger charge is -2.21. The highest BCUT2D eigenvalue weighted by Crippen LogP contribution is 2.35. The van der Waals surface area contributed by atoms with Crippen LogP contribution in [0.3, 0.4) is 0 Å². The Labute approximate surface area is 146 Å². The first-order valence-corrected chi connectivity index (χ1v) is 8.05. The van der Waals surface area contributed by atoms with E-state index in [-0.39, 0.29) is 11.7 Å². The number of carbonyl (C=O) groups excluding carboxylic acids is 1. The third-order valence-corrected chi connectivity index (χ3v) is 3.99. The summed E-state index contributed by atoms with van der Waals surface area (Å²) in [6.07, 6.45) is 4.11. The van der Waals surface area contributed by atoms with Crippen LogP contribution in [0.15, 0.2) is 73.1 Å². The van der Waals surface area contributed by atoms with Crippen LogP contribution >= 0.6 is 0 Å². The summed E-state index contributed by atoms with van der Waals surface area (Å²) in [6, 6.07) is 17.9. The maximum absolute atomic E-state index is 13.9. The van der Waals surface area contributed by atoms with E-state index in [1.165, 1.54) is 25.1 Å². The van der Waals surface area contributed by atoms with E-state index in [0.717, 1.165) is 11.1 Å². The number of esters is 1. The molecule has 1 aromatic heterocycles. The molecule has 2 aromatic carbocycles. The molecule has 1 unspecified atom stereocenters. The fraction of sp³-hybridized carbons (Fsp3) is 0.143. The van der Waals surface area contributed by atoms with Gasteiger partial charge in [-0.2, -0.15) is 0 Å². The van der Waals surface area contributed by atoms with Gasteiger partial charge >= 0.3 is 5.97 Å². The van der Waals surface area contributed by atoms with Crippen LogP contribution in [-0.2, 0) is 11.2 Å². The van der Waals surface area contributed by atoms with Gasteiger partial charge in [0.2, 0.25) is 0 Å². The van der Waals surface area contributed by atoms with Gasteiger partial charge < -0.3 is 4.74 Å². The lowest BCUT2D eigenvalue weighted by Crippen LogP contribution is -2.10. The molecule has 0 N–H and O–H groups in total. The van der Waals surface area contributed by atoms with E-state index >= 15 is 0 Å². The molecule has 0 aliphatic heterocycles. The Bertz CT molecular complexity index is 850. The summed E-state index contributed by atoms with van der Waals surface area (Å²) in [4.78, 5) is 15.5. The topological polar surface area (TPSA) is 39.2 Å². The van der Waals surface area contributed by atoms with Crippen molar-refractivity contribution < 1.29 is 13.9 Å². The molecule has 0 amide bonds. The Kier molecular flexibility index (Phi) is 5.19. The maximum Gasteiger partial charge on any atom is 0.308 e. The summed E-state index contributed by atoms with van der Waals surface area (Å²) >= 11 is 0. The molecule has 3 aromatic rings. The van der Waals surface area contributed by atoms with Crippen LogP contribution in [0.2, 0.25) is 0 Å². The van der Waals surface area contributed by atoms with E-state index in [4.69, 9.17) is 4.74 Å². The highest BCUT2D eigenvalue weighted by atomic mass is 19.1. The number of benzene rings is 2. The van der Waals surface area contributed by atoms with Gasteiger partial charge in [0.15, 0.2) is 0 Å². The van der Waals surface area contributed by atoms with Crippen molar-refractivity contribution in [1.82, 2.24) is 4.98 Å². The zero-order chi connectivity index (χ0) is 17.6. The van der Waals surface area contributed by atoms with E-state index < -0.39 is 5.97 Å². The molecule has 0 spiro atoms. The monoisotopic (exact) mass is 335 g/mol. The van der Waals surface area contributed by atoms with Gasteiger partial charge in [-0.25, -0.2) is 4.39 Å². The van der Waals surface area contributed by atoms with Crippen molar-refractivity contribution >= 4 is 5.97 Å². The van der Waals surface area contributed by atoms with Gasteiger partial charge in [0.1, 0.15) is 11.6 Å². The lowest BCUT2D eigenvalue weighted by molar-refractivity contribution is -0.131. The molecule has 0 saturated heterocycles. The van der Waals surface area contributed by atoms with Crippen molar-refractivity contribution in [3.8, 4) is 5.75 Å². The van der Waals surface area contributed by atoms with Gasteiger partial charge in [0.05, 0.1) is 0 Å². The standard InChI is InChI=1S/C21H18FNO2/c1-15(24)25-21-8-7-18(22)14-20(21)19(17-5-3-2-4-6-17)13-16-9-11-23-12-10-16/h2-12,14,19H,13H2,1H3. The van der Waals surface area contributed by atoms with E-state index in [9.17, 15) is 9.18 Å². The number of nitrogens with zero attached hydrogens (tertiary/aromatic N) is 1. The first kappa shape index (κ1) is 16.8. The minimum Gasteiger partial charge on any atom is -0.426 e. The number of hydrogen-bond acceptors (Lipinski definition) is 3. The van der Waals surface area contributed by atoms with Crippen LogP contribution < -0.4 is 4.74 Å². The average Bonchev–Trinajstić information content (AvgIpc) is 2.63. The van der Waals surface area contributed by atoms with Crippen LogP contribution in [0.25, 0.3) is 0 Å². The summed E-state index contributed by atoms with van der Waals surface area (Å²) in [5.41, 5.74) is 2.75. The predicted octanol–water partition coefficient (Wildman–Crippen LogP) is 4.52.